The second-order valence-electron chi connectivity index (χ2n) is 3.67. The number of nitrogens with zero attached hydrogens (tertiary/aromatic N) is 2. The summed E-state index contributed by atoms with van der Waals surface area (Å²) >= 11 is 3.25. The van der Waals surface area contributed by atoms with Crippen molar-refractivity contribution in [3.05, 3.63) is 34.1 Å². The molecule has 90 valence electrons. The number of hydrogen-bond acceptors (Lipinski definition) is 3. The SMILES string of the molecule is O=C1CC(Br)CN1c1c(F)cccc1[N+](=O)[O-]. The maximum absolute atomic E-state index is 13.6. The van der Waals surface area contributed by atoms with Crippen molar-refractivity contribution in [2.45, 2.75) is 11.2 Å². The van der Waals surface area contributed by atoms with Gasteiger partial charge in [0.05, 0.1) is 4.92 Å². The minimum atomic E-state index is -0.755. The smallest absolute Gasteiger partial charge is 0.296 e. The second-order valence-corrected chi connectivity index (χ2v) is 4.97. The Kier molecular flexibility index (Phi) is 3.10. The van der Waals surface area contributed by atoms with Gasteiger partial charge in [0, 0.05) is 23.9 Å². The molecule has 1 heterocycles. The van der Waals surface area contributed by atoms with Crippen molar-refractivity contribution in [3.63, 3.8) is 0 Å². The third kappa shape index (κ3) is 2.14. The van der Waals surface area contributed by atoms with E-state index in [0.717, 1.165) is 11.0 Å². The van der Waals surface area contributed by atoms with Gasteiger partial charge in [-0.3, -0.25) is 14.9 Å². The molecule has 17 heavy (non-hydrogen) atoms. The number of hydrogen-bond donors (Lipinski definition) is 0. The van der Waals surface area contributed by atoms with Gasteiger partial charge in [-0.2, -0.15) is 0 Å². The van der Waals surface area contributed by atoms with Crippen LogP contribution < -0.4 is 4.90 Å². The Balaban J connectivity index is 2.51. The number of nitro benzene ring substituents is 1. The fourth-order valence-electron chi connectivity index (χ4n) is 1.80. The largest absolute Gasteiger partial charge is 0.303 e. The highest BCUT2D eigenvalue weighted by Gasteiger charge is 2.34. The van der Waals surface area contributed by atoms with Crippen molar-refractivity contribution in [1.29, 1.82) is 0 Å². The van der Waals surface area contributed by atoms with E-state index < -0.39 is 10.7 Å². The third-order valence-electron chi connectivity index (χ3n) is 2.51. The molecule has 0 radical (unpaired) electrons. The van der Waals surface area contributed by atoms with Crippen molar-refractivity contribution in [3.8, 4) is 0 Å². The molecule has 0 bridgehead atoms. The number of amides is 1. The van der Waals surface area contributed by atoms with Crippen LogP contribution in [0.5, 0.6) is 0 Å². The Hall–Kier alpha value is -1.50. The predicted octanol–water partition coefficient (Wildman–Crippen LogP) is 2.23. The number of benzene rings is 1. The standard InChI is InChI=1S/C10H8BrFN2O3/c11-6-4-9(15)13(5-6)10-7(12)2-1-3-8(10)14(16)17/h1-3,6H,4-5H2. The van der Waals surface area contributed by atoms with Crippen LogP contribution in [0.25, 0.3) is 0 Å². The summed E-state index contributed by atoms with van der Waals surface area (Å²) in [6, 6.07) is 3.55. The molecule has 5 nitrogen and oxygen atoms in total. The minimum Gasteiger partial charge on any atom is -0.303 e. The Morgan fingerprint density at radius 3 is 2.76 bits per heavy atom. The first-order valence-electron chi connectivity index (χ1n) is 4.88. The third-order valence-corrected chi connectivity index (χ3v) is 3.12. The number of nitro groups is 1. The van der Waals surface area contributed by atoms with Gasteiger partial charge in [0.15, 0.2) is 11.5 Å². The predicted molar refractivity (Wildman–Crippen MR) is 62.7 cm³/mol. The van der Waals surface area contributed by atoms with Gasteiger partial charge in [0.2, 0.25) is 5.91 Å². The zero-order chi connectivity index (χ0) is 12.6. The van der Waals surface area contributed by atoms with Crippen LogP contribution in [-0.4, -0.2) is 22.2 Å². The van der Waals surface area contributed by atoms with Gasteiger partial charge in [-0.15, -0.1) is 0 Å². The number of rotatable bonds is 2. The maximum Gasteiger partial charge on any atom is 0.296 e. The van der Waals surface area contributed by atoms with Crippen LogP contribution in [0.2, 0.25) is 0 Å². The molecule has 1 aromatic carbocycles. The molecule has 1 unspecified atom stereocenters. The molecule has 2 rings (SSSR count). The first-order chi connectivity index (χ1) is 8.00. The summed E-state index contributed by atoms with van der Waals surface area (Å²) in [6.45, 7) is 0.237. The monoisotopic (exact) mass is 302 g/mol. The normalized spacial score (nSPS) is 19.8. The van der Waals surface area contributed by atoms with Crippen LogP contribution in [0.1, 0.15) is 6.42 Å². The van der Waals surface area contributed by atoms with E-state index in [1.165, 1.54) is 12.1 Å². The Morgan fingerprint density at radius 1 is 1.53 bits per heavy atom. The summed E-state index contributed by atoms with van der Waals surface area (Å²) in [6.07, 6.45) is 0.214. The van der Waals surface area contributed by atoms with Gasteiger partial charge in [0.25, 0.3) is 5.69 Å². The highest BCUT2D eigenvalue weighted by Crippen LogP contribution is 2.34. The summed E-state index contributed by atoms with van der Waals surface area (Å²) < 4.78 is 13.6. The highest BCUT2D eigenvalue weighted by molar-refractivity contribution is 9.09. The molecule has 0 aromatic heterocycles. The highest BCUT2D eigenvalue weighted by atomic mass is 79.9. The number of anilines is 1. The summed E-state index contributed by atoms with van der Waals surface area (Å²) in [7, 11) is 0. The van der Waals surface area contributed by atoms with E-state index >= 15 is 0 Å². The number of halogens is 2. The molecule has 1 aromatic rings. The van der Waals surface area contributed by atoms with Gasteiger partial charge in [0.1, 0.15) is 0 Å². The molecule has 1 amide bonds. The number of carbonyl (C=O) groups is 1. The van der Waals surface area contributed by atoms with Crippen LogP contribution in [0, 0.1) is 15.9 Å². The van der Waals surface area contributed by atoms with Crippen molar-refractivity contribution < 1.29 is 14.1 Å². The molecule has 0 spiro atoms. The van der Waals surface area contributed by atoms with Crippen LogP contribution in [0.15, 0.2) is 18.2 Å². The molecule has 1 aliphatic rings. The molecule has 0 aliphatic carbocycles. The van der Waals surface area contributed by atoms with E-state index in [9.17, 15) is 19.3 Å². The van der Waals surface area contributed by atoms with E-state index in [4.69, 9.17) is 0 Å². The maximum atomic E-state index is 13.6. The molecular formula is C10H8BrFN2O3. The van der Waals surface area contributed by atoms with Crippen LogP contribution in [-0.2, 0) is 4.79 Å². The van der Waals surface area contributed by atoms with Crippen LogP contribution in [0.3, 0.4) is 0 Å². The van der Waals surface area contributed by atoms with Crippen LogP contribution in [0.4, 0.5) is 15.8 Å². The molecule has 7 heteroatoms. The van der Waals surface area contributed by atoms with E-state index in [0.29, 0.717) is 0 Å². The molecule has 1 saturated heterocycles. The fourth-order valence-corrected chi connectivity index (χ4v) is 2.37. The van der Waals surface area contributed by atoms with E-state index in [2.05, 4.69) is 15.9 Å². The lowest BCUT2D eigenvalue weighted by atomic mass is 10.2. The lowest BCUT2D eigenvalue weighted by Crippen LogP contribution is -2.26. The van der Waals surface area contributed by atoms with Gasteiger partial charge < -0.3 is 4.90 Å². The zero-order valence-corrected chi connectivity index (χ0v) is 10.2. The average Bonchev–Trinajstić information content (AvgIpc) is 2.57. The van der Waals surface area contributed by atoms with Gasteiger partial charge >= 0.3 is 0 Å². The summed E-state index contributed by atoms with van der Waals surface area (Å²) in [5.41, 5.74) is -0.635. The number of carbonyl (C=O) groups excluding carboxylic acids is 1. The van der Waals surface area contributed by atoms with Gasteiger partial charge in [-0.1, -0.05) is 22.0 Å². The summed E-state index contributed by atoms with van der Waals surface area (Å²) in [4.78, 5) is 22.8. The topological polar surface area (TPSA) is 63.5 Å². The summed E-state index contributed by atoms with van der Waals surface area (Å²) in [5, 5.41) is 10.8. The van der Waals surface area contributed by atoms with Gasteiger partial charge in [-0.05, 0) is 6.07 Å². The van der Waals surface area contributed by atoms with Crippen molar-refractivity contribution in [1.82, 2.24) is 0 Å². The Morgan fingerprint density at radius 2 is 2.24 bits per heavy atom. The molecule has 1 aliphatic heterocycles. The van der Waals surface area contributed by atoms with Crippen molar-refractivity contribution in [2.75, 3.05) is 11.4 Å². The first kappa shape index (κ1) is 12.0. The lowest BCUT2D eigenvalue weighted by molar-refractivity contribution is -0.384. The van der Waals surface area contributed by atoms with Crippen molar-refractivity contribution in [2.24, 2.45) is 0 Å². The molecule has 1 fully saturated rings. The van der Waals surface area contributed by atoms with E-state index in [-0.39, 0.29) is 35.1 Å². The second kappa shape index (κ2) is 4.40. The zero-order valence-electron chi connectivity index (χ0n) is 8.60. The quantitative estimate of drug-likeness (QED) is 0.478. The number of alkyl halides is 1. The van der Waals surface area contributed by atoms with E-state index in [1.54, 1.807) is 0 Å². The summed E-state index contributed by atoms with van der Waals surface area (Å²) in [5.74, 6) is -1.07. The van der Waals surface area contributed by atoms with E-state index in [1.807, 2.05) is 0 Å². The number of para-hydroxylation sites is 1. The fraction of sp³-hybridized carbons (Fsp3) is 0.300. The van der Waals surface area contributed by atoms with Crippen LogP contribution >= 0.6 is 15.9 Å². The molecule has 1 atom stereocenters. The Bertz CT molecular complexity index is 494. The first-order valence-corrected chi connectivity index (χ1v) is 5.79. The lowest BCUT2D eigenvalue weighted by Gasteiger charge is -2.16. The van der Waals surface area contributed by atoms with Gasteiger partial charge in [-0.25, -0.2) is 4.39 Å². The Labute approximate surface area is 104 Å². The molecule has 0 saturated carbocycles. The molecule has 0 N–H and O–H groups in total. The van der Waals surface area contributed by atoms with Crippen molar-refractivity contribution >= 4 is 33.2 Å². The average molecular weight is 303 g/mol. The minimum absolute atomic E-state index is 0.103. The molecular weight excluding hydrogens is 295 g/mol.